The molecule has 174 valence electrons. The second-order valence-corrected chi connectivity index (χ2v) is 8.16. The summed E-state index contributed by atoms with van der Waals surface area (Å²) in [6.45, 7) is 1.11. The molecule has 4 rings (SSSR count). The predicted molar refractivity (Wildman–Crippen MR) is 115 cm³/mol. The van der Waals surface area contributed by atoms with Gasteiger partial charge in [-0.25, -0.2) is 9.59 Å². The molecule has 0 saturated carbocycles. The lowest BCUT2D eigenvalue weighted by molar-refractivity contribution is -0.192. The molecule has 1 aliphatic heterocycles. The van der Waals surface area contributed by atoms with Crippen LogP contribution in [0.1, 0.15) is 22.5 Å². The van der Waals surface area contributed by atoms with E-state index in [0.29, 0.717) is 5.03 Å². The van der Waals surface area contributed by atoms with Crippen molar-refractivity contribution in [3.8, 4) is 11.1 Å². The summed E-state index contributed by atoms with van der Waals surface area (Å²) in [5.41, 5.74) is 5.06. The number of halogens is 3. The fourth-order valence-corrected chi connectivity index (χ4v) is 4.03. The molecule has 0 atom stereocenters. The number of carboxylic acid groups (broad SMARTS) is 2. The van der Waals surface area contributed by atoms with Crippen LogP contribution < -0.4 is 4.90 Å². The molecule has 0 bridgehead atoms. The number of alkyl halides is 3. The Bertz CT molecular complexity index is 1150. The SMILES string of the molecule is CN1CCCc2cc(-c3ccc(Sc4nn[nH]c4C(=O)O)cc3)ccc21.O=C(O)C(F)(F)F. The Labute approximate surface area is 190 Å². The zero-order valence-electron chi connectivity index (χ0n) is 17.3. The minimum atomic E-state index is -5.08. The molecule has 3 aromatic rings. The maximum atomic E-state index is 11.1. The standard InChI is InChI=1S/C19H18N4O2S.C2HF3O2/c1-23-10-2-3-14-11-13(6-9-16(14)23)12-4-7-15(8-5-12)26-18-17(19(24)25)20-22-21-18;3-2(4,5)1(6)7/h4-9,11H,2-3,10H2,1H3,(H,24,25)(H,20,21,22);(H,6,7). The summed E-state index contributed by atoms with van der Waals surface area (Å²) in [5, 5.41) is 26.4. The highest BCUT2D eigenvalue weighted by molar-refractivity contribution is 7.99. The number of nitrogens with zero attached hydrogens (tertiary/aromatic N) is 3. The van der Waals surface area contributed by atoms with Gasteiger partial charge in [-0.1, -0.05) is 35.2 Å². The molecule has 2 aromatic carbocycles. The highest BCUT2D eigenvalue weighted by Crippen LogP contribution is 2.33. The number of aryl methyl sites for hydroxylation is 1. The molecule has 0 saturated heterocycles. The van der Waals surface area contributed by atoms with Gasteiger partial charge in [-0.05, 0) is 53.8 Å². The van der Waals surface area contributed by atoms with Crippen LogP contribution in [0.15, 0.2) is 52.4 Å². The number of fused-ring (bicyclic) bond motifs is 1. The van der Waals surface area contributed by atoms with E-state index in [0.717, 1.165) is 23.4 Å². The van der Waals surface area contributed by atoms with Gasteiger partial charge in [-0.15, -0.1) is 5.10 Å². The number of nitrogens with one attached hydrogen (secondary N) is 1. The van der Waals surface area contributed by atoms with Crippen LogP contribution in [0.2, 0.25) is 0 Å². The van der Waals surface area contributed by atoms with Gasteiger partial charge in [0.1, 0.15) is 0 Å². The summed E-state index contributed by atoms with van der Waals surface area (Å²) in [6.07, 6.45) is -2.78. The van der Waals surface area contributed by atoms with Crippen LogP contribution >= 0.6 is 11.8 Å². The summed E-state index contributed by atoms with van der Waals surface area (Å²) in [6, 6.07) is 14.7. The van der Waals surface area contributed by atoms with Gasteiger partial charge in [0.25, 0.3) is 0 Å². The molecule has 0 unspecified atom stereocenters. The van der Waals surface area contributed by atoms with E-state index in [1.54, 1.807) is 0 Å². The number of aromatic nitrogens is 3. The van der Waals surface area contributed by atoms with Crippen molar-refractivity contribution in [1.29, 1.82) is 0 Å². The summed E-state index contributed by atoms with van der Waals surface area (Å²) >= 11 is 1.28. The summed E-state index contributed by atoms with van der Waals surface area (Å²) in [4.78, 5) is 23.2. The van der Waals surface area contributed by atoms with Crippen molar-refractivity contribution in [3.05, 3.63) is 53.7 Å². The number of hydrogen-bond donors (Lipinski definition) is 3. The van der Waals surface area contributed by atoms with Gasteiger partial charge in [0.15, 0.2) is 10.7 Å². The third-order valence-electron chi connectivity index (χ3n) is 4.81. The average molecular weight is 480 g/mol. The molecule has 0 radical (unpaired) electrons. The second-order valence-electron chi connectivity index (χ2n) is 7.10. The van der Waals surface area contributed by atoms with Crippen molar-refractivity contribution in [2.45, 2.75) is 28.9 Å². The van der Waals surface area contributed by atoms with Gasteiger partial charge in [-0.3, -0.25) is 5.10 Å². The number of hydrogen-bond acceptors (Lipinski definition) is 6. The Kier molecular flexibility index (Phi) is 7.26. The first-order chi connectivity index (χ1) is 15.6. The zero-order chi connectivity index (χ0) is 24.2. The number of carbonyl (C=O) groups is 2. The third-order valence-corrected chi connectivity index (χ3v) is 5.79. The Morgan fingerprint density at radius 2 is 1.73 bits per heavy atom. The highest BCUT2D eigenvalue weighted by Gasteiger charge is 2.38. The van der Waals surface area contributed by atoms with Crippen LogP contribution in [-0.2, 0) is 11.2 Å². The van der Waals surface area contributed by atoms with E-state index in [1.807, 2.05) is 12.1 Å². The first-order valence-electron chi connectivity index (χ1n) is 9.63. The predicted octanol–water partition coefficient (Wildman–Crippen LogP) is 4.34. The van der Waals surface area contributed by atoms with Crippen LogP contribution in [0, 0.1) is 0 Å². The number of aromatic carboxylic acids is 1. The summed E-state index contributed by atoms with van der Waals surface area (Å²) < 4.78 is 31.7. The fourth-order valence-electron chi connectivity index (χ4n) is 3.22. The molecular formula is C21H19F3N4O4S. The molecule has 0 spiro atoms. The molecule has 0 aliphatic carbocycles. The van der Waals surface area contributed by atoms with E-state index in [9.17, 15) is 18.0 Å². The van der Waals surface area contributed by atoms with Gasteiger partial charge in [-0.2, -0.15) is 13.2 Å². The third kappa shape index (κ3) is 6.04. The maximum Gasteiger partial charge on any atom is 0.490 e. The van der Waals surface area contributed by atoms with Gasteiger partial charge in [0, 0.05) is 24.2 Å². The fraction of sp³-hybridized carbons (Fsp3) is 0.238. The molecule has 3 N–H and O–H groups in total. The second kappa shape index (κ2) is 9.94. The molecule has 2 heterocycles. The van der Waals surface area contributed by atoms with Gasteiger partial charge < -0.3 is 15.1 Å². The molecule has 1 aromatic heterocycles. The van der Waals surface area contributed by atoms with E-state index in [-0.39, 0.29) is 5.69 Å². The lowest BCUT2D eigenvalue weighted by Gasteiger charge is -2.27. The first-order valence-corrected chi connectivity index (χ1v) is 10.4. The van der Waals surface area contributed by atoms with E-state index >= 15 is 0 Å². The maximum absolute atomic E-state index is 11.1. The lowest BCUT2D eigenvalue weighted by Crippen LogP contribution is -2.24. The van der Waals surface area contributed by atoms with Crippen LogP contribution in [0.5, 0.6) is 0 Å². The van der Waals surface area contributed by atoms with Crippen LogP contribution in [0.3, 0.4) is 0 Å². The monoisotopic (exact) mass is 480 g/mol. The van der Waals surface area contributed by atoms with Gasteiger partial charge in [0.2, 0.25) is 0 Å². The first kappa shape index (κ1) is 24.1. The topological polar surface area (TPSA) is 119 Å². The van der Waals surface area contributed by atoms with Crippen molar-refractivity contribution in [2.75, 3.05) is 18.5 Å². The highest BCUT2D eigenvalue weighted by atomic mass is 32.2. The molecule has 12 heteroatoms. The number of aliphatic carboxylic acids is 1. The lowest BCUT2D eigenvalue weighted by atomic mass is 9.96. The van der Waals surface area contributed by atoms with Gasteiger partial charge >= 0.3 is 18.1 Å². The number of H-pyrrole nitrogens is 1. The molecule has 0 fully saturated rings. The van der Waals surface area contributed by atoms with E-state index in [4.69, 9.17) is 15.0 Å². The minimum absolute atomic E-state index is 0.0119. The van der Waals surface area contributed by atoms with Crippen molar-refractivity contribution in [1.82, 2.24) is 15.4 Å². The number of aromatic amines is 1. The zero-order valence-corrected chi connectivity index (χ0v) is 18.1. The number of benzene rings is 2. The number of rotatable bonds is 4. The average Bonchev–Trinajstić information content (AvgIpc) is 3.22. The number of carboxylic acids is 2. The summed E-state index contributed by atoms with van der Waals surface area (Å²) in [7, 11) is 2.14. The molecule has 33 heavy (non-hydrogen) atoms. The smallest absolute Gasteiger partial charge is 0.476 e. The molecular weight excluding hydrogens is 461 g/mol. The van der Waals surface area contributed by atoms with Crippen LogP contribution in [0.25, 0.3) is 11.1 Å². The van der Waals surface area contributed by atoms with Gasteiger partial charge in [0.05, 0.1) is 0 Å². The van der Waals surface area contributed by atoms with Crippen molar-refractivity contribution < 1.29 is 33.0 Å². The normalized spacial score (nSPS) is 13.0. The van der Waals surface area contributed by atoms with E-state index < -0.39 is 18.1 Å². The Morgan fingerprint density at radius 3 is 2.33 bits per heavy atom. The molecule has 0 amide bonds. The van der Waals surface area contributed by atoms with Crippen molar-refractivity contribution in [2.24, 2.45) is 0 Å². The Morgan fingerprint density at radius 1 is 1.09 bits per heavy atom. The van der Waals surface area contributed by atoms with Crippen molar-refractivity contribution >= 4 is 29.4 Å². The molecule has 8 nitrogen and oxygen atoms in total. The number of anilines is 1. The summed E-state index contributed by atoms with van der Waals surface area (Å²) in [5.74, 6) is -3.82. The molecule has 1 aliphatic rings. The van der Waals surface area contributed by atoms with Crippen LogP contribution in [-0.4, -0.2) is 57.3 Å². The van der Waals surface area contributed by atoms with Crippen LogP contribution in [0.4, 0.5) is 18.9 Å². The minimum Gasteiger partial charge on any atom is -0.476 e. The van der Waals surface area contributed by atoms with Crippen molar-refractivity contribution in [3.63, 3.8) is 0 Å². The Hall–Kier alpha value is -3.54. The quantitative estimate of drug-likeness (QED) is 0.505. The largest absolute Gasteiger partial charge is 0.490 e. The van der Waals surface area contributed by atoms with E-state index in [2.05, 4.69) is 57.7 Å². The van der Waals surface area contributed by atoms with E-state index in [1.165, 1.54) is 35.0 Å². The Balaban J connectivity index is 0.000000383.